The first kappa shape index (κ1) is 13.3. The van der Waals surface area contributed by atoms with Crippen LogP contribution < -0.4 is 5.32 Å². The van der Waals surface area contributed by atoms with E-state index in [4.69, 9.17) is 4.42 Å². The molecule has 1 heterocycles. The van der Waals surface area contributed by atoms with E-state index in [2.05, 4.69) is 5.32 Å². The molecule has 1 aromatic carbocycles. The van der Waals surface area contributed by atoms with E-state index >= 15 is 0 Å². The summed E-state index contributed by atoms with van der Waals surface area (Å²) in [7, 11) is 0. The molecule has 100 valence electrons. The zero-order chi connectivity index (χ0) is 14.0. The molecule has 0 atom stereocenters. The molecule has 1 aromatic heterocycles. The lowest BCUT2D eigenvalue weighted by molar-refractivity contribution is 0.0949. The van der Waals surface area contributed by atoms with Gasteiger partial charge in [0.2, 0.25) is 0 Å². The number of nitrogens with one attached hydrogen (secondary N) is 1. The molecule has 0 fully saturated rings. The highest BCUT2D eigenvalue weighted by molar-refractivity contribution is 5.96. The number of hydrogen-bond acceptors (Lipinski definition) is 2. The van der Waals surface area contributed by atoms with E-state index in [1.165, 1.54) is 12.1 Å². The molecular weight excluding hydrogens is 245 g/mol. The normalized spacial score (nSPS) is 10.5. The smallest absolute Gasteiger partial charge is 0.255 e. The molecule has 0 spiro atoms. The average molecular weight is 261 g/mol. The highest BCUT2D eigenvalue weighted by Crippen LogP contribution is 2.20. The summed E-state index contributed by atoms with van der Waals surface area (Å²) in [6, 6.07) is 6.05. The predicted molar refractivity (Wildman–Crippen MR) is 70.5 cm³/mol. The number of amides is 1. The van der Waals surface area contributed by atoms with Crippen molar-refractivity contribution in [2.45, 2.75) is 27.3 Å². The largest absolute Gasteiger partial charge is 0.466 e. The van der Waals surface area contributed by atoms with E-state index in [1.807, 2.05) is 13.8 Å². The van der Waals surface area contributed by atoms with Crippen LogP contribution in [0.5, 0.6) is 0 Å². The van der Waals surface area contributed by atoms with Crippen molar-refractivity contribution in [2.24, 2.45) is 0 Å². The van der Waals surface area contributed by atoms with Crippen molar-refractivity contribution < 1.29 is 13.6 Å². The Kier molecular flexibility index (Phi) is 3.69. The maximum absolute atomic E-state index is 12.8. The Labute approximate surface area is 111 Å². The summed E-state index contributed by atoms with van der Waals surface area (Å²) >= 11 is 0. The third-order valence-electron chi connectivity index (χ3n) is 3.15. The second-order valence-electron chi connectivity index (χ2n) is 4.52. The van der Waals surface area contributed by atoms with Crippen LogP contribution in [0.3, 0.4) is 0 Å². The van der Waals surface area contributed by atoms with E-state index in [0.717, 1.165) is 16.9 Å². The first-order valence-electron chi connectivity index (χ1n) is 6.08. The molecule has 2 aromatic rings. The Morgan fingerprint density at radius 3 is 2.32 bits per heavy atom. The van der Waals surface area contributed by atoms with Crippen molar-refractivity contribution in [1.82, 2.24) is 5.32 Å². The lowest BCUT2D eigenvalue weighted by Gasteiger charge is -2.05. The van der Waals surface area contributed by atoms with Crippen LogP contribution in [0, 0.1) is 26.6 Å². The SMILES string of the molecule is Cc1oc(C)c(C(=O)NCc2ccc(F)cc2)c1C. The van der Waals surface area contributed by atoms with Gasteiger partial charge < -0.3 is 9.73 Å². The zero-order valence-electron chi connectivity index (χ0n) is 11.2. The van der Waals surface area contributed by atoms with Gasteiger partial charge in [-0.25, -0.2) is 4.39 Å². The molecule has 0 bridgehead atoms. The molecule has 0 unspecified atom stereocenters. The Morgan fingerprint density at radius 2 is 1.79 bits per heavy atom. The van der Waals surface area contributed by atoms with Gasteiger partial charge in [0.25, 0.3) is 5.91 Å². The fourth-order valence-corrected chi connectivity index (χ4v) is 2.00. The number of carbonyl (C=O) groups excluding carboxylic acids is 1. The van der Waals surface area contributed by atoms with Gasteiger partial charge >= 0.3 is 0 Å². The number of aryl methyl sites for hydroxylation is 2. The van der Waals surface area contributed by atoms with Crippen LogP contribution in [-0.4, -0.2) is 5.91 Å². The topological polar surface area (TPSA) is 42.2 Å². The van der Waals surface area contributed by atoms with Gasteiger partial charge in [-0.1, -0.05) is 12.1 Å². The summed E-state index contributed by atoms with van der Waals surface area (Å²) in [4.78, 5) is 12.1. The van der Waals surface area contributed by atoms with Gasteiger partial charge in [-0.15, -0.1) is 0 Å². The molecule has 1 N–H and O–H groups in total. The highest BCUT2D eigenvalue weighted by Gasteiger charge is 2.17. The third kappa shape index (κ3) is 2.84. The summed E-state index contributed by atoms with van der Waals surface area (Å²) in [6.07, 6.45) is 0. The molecule has 1 amide bonds. The quantitative estimate of drug-likeness (QED) is 0.921. The summed E-state index contributed by atoms with van der Waals surface area (Å²) in [5.41, 5.74) is 2.29. The van der Waals surface area contributed by atoms with Crippen LogP contribution in [0.2, 0.25) is 0 Å². The van der Waals surface area contributed by atoms with E-state index in [-0.39, 0.29) is 11.7 Å². The van der Waals surface area contributed by atoms with E-state index in [0.29, 0.717) is 17.9 Å². The Bertz CT molecular complexity index is 599. The van der Waals surface area contributed by atoms with Crippen molar-refractivity contribution in [3.8, 4) is 0 Å². The first-order valence-corrected chi connectivity index (χ1v) is 6.08. The standard InChI is InChI=1S/C15H16FNO2/c1-9-10(2)19-11(3)14(9)15(18)17-8-12-4-6-13(16)7-5-12/h4-7H,8H2,1-3H3,(H,17,18). The second kappa shape index (κ2) is 5.26. The number of furan rings is 1. The van der Waals surface area contributed by atoms with E-state index < -0.39 is 0 Å². The molecule has 0 aliphatic rings. The van der Waals surface area contributed by atoms with Crippen molar-refractivity contribution in [3.05, 3.63) is 58.3 Å². The lowest BCUT2D eigenvalue weighted by atomic mass is 10.1. The lowest BCUT2D eigenvalue weighted by Crippen LogP contribution is -2.23. The summed E-state index contributed by atoms with van der Waals surface area (Å²) < 4.78 is 18.2. The fraction of sp³-hybridized carbons (Fsp3) is 0.267. The zero-order valence-corrected chi connectivity index (χ0v) is 11.2. The molecule has 2 rings (SSSR count). The van der Waals surface area contributed by atoms with Crippen molar-refractivity contribution in [3.63, 3.8) is 0 Å². The summed E-state index contributed by atoms with van der Waals surface area (Å²) in [5.74, 6) is 0.916. The minimum absolute atomic E-state index is 0.170. The molecule has 0 radical (unpaired) electrons. The monoisotopic (exact) mass is 261 g/mol. The number of rotatable bonds is 3. The van der Waals surface area contributed by atoms with Crippen molar-refractivity contribution >= 4 is 5.91 Å². The van der Waals surface area contributed by atoms with E-state index in [9.17, 15) is 9.18 Å². The van der Waals surface area contributed by atoms with Crippen molar-refractivity contribution in [1.29, 1.82) is 0 Å². The van der Waals surface area contributed by atoms with Crippen molar-refractivity contribution in [2.75, 3.05) is 0 Å². The Hall–Kier alpha value is -2.10. The Morgan fingerprint density at radius 1 is 1.16 bits per heavy atom. The van der Waals surface area contributed by atoms with Crippen LogP contribution >= 0.6 is 0 Å². The third-order valence-corrected chi connectivity index (χ3v) is 3.15. The van der Waals surface area contributed by atoms with Gasteiger partial charge in [-0.3, -0.25) is 4.79 Å². The molecule has 4 heteroatoms. The molecule has 0 saturated heterocycles. The molecule has 19 heavy (non-hydrogen) atoms. The predicted octanol–water partition coefficient (Wildman–Crippen LogP) is 3.27. The minimum atomic E-state index is -0.285. The number of benzene rings is 1. The minimum Gasteiger partial charge on any atom is -0.466 e. The molecular formula is C15H16FNO2. The van der Waals surface area contributed by atoms with Crippen LogP contribution in [0.15, 0.2) is 28.7 Å². The van der Waals surface area contributed by atoms with Crippen LogP contribution in [0.4, 0.5) is 4.39 Å². The summed E-state index contributed by atoms with van der Waals surface area (Å²) in [5, 5.41) is 2.81. The Balaban J connectivity index is 2.07. The van der Waals surface area contributed by atoms with Gasteiger partial charge in [-0.2, -0.15) is 0 Å². The maximum atomic E-state index is 12.8. The molecule has 0 saturated carbocycles. The highest BCUT2D eigenvalue weighted by atomic mass is 19.1. The molecule has 0 aliphatic heterocycles. The van der Waals surface area contributed by atoms with Gasteiger partial charge in [-0.05, 0) is 38.5 Å². The number of hydrogen-bond donors (Lipinski definition) is 1. The van der Waals surface area contributed by atoms with Crippen LogP contribution in [0.1, 0.15) is 33.0 Å². The summed E-state index contributed by atoms with van der Waals surface area (Å²) in [6.45, 7) is 5.83. The average Bonchev–Trinajstić information content (AvgIpc) is 2.62. The fourth-order valence-electron chi connectivity index (χ4n) is 2.00. The second-order valence-corrected chi connectivity index (χ2v) is 4.52. The van der Waals surface area contributed by atoms with Gasteiger partial charge in [0.05, 0.1) is 5.56 Å². The van der Waals surface area contributed by atoms with Gasteiger partial charge in [0.1, 0.15) is 17.3 Å². The number of carbonyl (C=O) groups is 1. The van der Waals surface area contributed by atoms with Gasteiger partial charge in [0, 0.05) is 12.1 Å². The first-order chi connectivity index (χ1) is 8.99. The number of halogens is 1. The molecule has 3 nitrogen and oxygen atoms in total. The van der Waals surface area contributed by atoms with Crippen LogP contribution in [0.25, 0.3) is 0 Å². The van der Waals surface area contributed by atoms with Gasteiger partial charge in [0.15, 0.2) is 0 Å². The van der Waals surface area contributed by atoms with Crippen LogP contribution in [-0.2, 0) is 6.54 Å². The maximum Gasteiger partial charge on any atom is 0.255 e. The molecule has 0 aliphatic carbocycles. The van der Waals surface area contributed by atoms with E-state index in [1.54, 1.807) is 19.1 Å².